The number of ether oxygens (including phenoxy) is 1. The molecule has 3 rings (SSSR count). The van der Waals surface area contributed by atoms with Crippen molar-refractivity contribution in [1.82, 2.24) is 5.06 Å². The van der Waals surface area contributed by atoms with Crippen molar-refractivity contribution in [3.63, 3.8) is 0 Å². The van der Waals surface area contributed by atoms with Crippen molar-refractivity contribution in [2.45, 2.75) is 6.42 Å². The molecule has 1 saturated carbocycles. The first-order valence-electron chi connectivity index (χ1n) is 6.32. The monoisotopic (exact) mass is 289 g/mol. The summed E-state index contributed by atoms with van der Waals surface area (Å²) in [5.41, 5.74) is 0.381. The summed E-state index contributed by atoms with van der Waals surface area (Å²) in [7, 11) is 1.23. The highest BCUT2D eigenvalue weighted by Crippen LogP contribution is 2.40. The fraction of sp³-hybridized carbons (Fsp3) is 0.286. The Balaban J connectivity index is 1.70. The van der Waals surface area contributed by atoms with Crippen LogP contribution in [0.5, 0.6) is 0 Å². The molecule has 0 spiro atoms. The van der Waals surface area contributed by atoms with E-state index in [1.807, 2.05) is 0 Å². The highest BCUT2D eigenvalue weighted by atomic mass is 16.7. The average Bonchev–Trinajstić information content (AvgIpc) is 3.27. The molecule has 0 aromatic heterocycles. The van der Waals surface area contributed by atoms with E-state index in [0.717, 1.165) is 0 Å². The predicted octanol–water partition coefficient (Wildman–Crippen LogP) is 0.550. The fourth-order valence-corrected chi connectivity index (χ4v) is 2.28. The van der Waals surface area contributed by atoms with Crippen LogP contribution in [0, 0.1) is 11.8 Å². The van der Waals surface area contributed by atoms with Crippen LogP contribution in [0.1, 0.15) is 27.1 Å². The second-order valence-electron chi connectivity index (χ2n) is 4.83. The van der Waals surface area contributed by atoms with Crippen molar-refractivity contribution in [1.29, 1.82) is 0 Å². The van der Waals surface area contributed by atoms with Gasteiger partial charge in [-0.3, -0.25) is 14.4 Å². The van der Waals surface area contributed by atoms with E-state index in [-0.39, 0.29) is 11.1 Å². The second kappa shape index (κ2) is 4.69. The van der Waals surface area contributed by atoms with Gasteiger partial charge in [-0.2, -0.15) is 0 Å². The summed E-state index contributed by atoms with van der Waals surface area (Å²) in [6, 6.07) is 6.20. The average molecular weight is 289 g/mol. The maximum atomic E-state index is 12.0. The summed E-state index contributed by atoms with van der Waals surface area (Å²) in [5, 5.41) is 0.444. The molecule has 0 saturated heterocycles. The smallest absolute Gasteiger partial charge is 0.337 e. The van der Waals surface area contributed by atoms with Crippen LogP contribution >= 0.6 is 0 Å². The van der Waals surface area contributed by atoms with Crippen molar-refractivity contribution in [2.24, 2.45) is 11.8 Å². The topological polar surface area (TPSA) is 90.0 Å². The third kappa shape index (κ3) is 2.06. The van der Waals surface area contributed by atoms with Gasteiger partial charge in [0.05, 0.1) is 30.1 Å². The first-order valence-corrected chi connectivity index (χ1v) is 6.32. The van der Waals surface area contributed by atoms with Crippen LogP contribution in [-0.4, -0.2) is 35.9 Å². The Morgan fingerprint density at radius 1 is 1.05 bits per heavy atom. The molecule has 7 heteroatoms. The Morgan fingerprint density at radius 2 is 1.57 bits per heavy atom. The molecule has 1 aromatic rings. The Labute approximate surface area is 119 Å². The number of rotatable bonds is 3. The second-order valence-corrected chi connectivity index (χ2v) is 4.83. The van der Waals surface area contributed by atoms with Gasteiger partial charge < -0.3 is 9.57 Å². The lowest BCUT2D eigenvalue weighted by Gasteiger charge is -2.12. The molecule has 1 fully saturated rings. The Kier molecular flexibility index (Phi) is 2.97. The zero-order valence-corrected chi connectivity index (χ0v) is 11.1. The molecule has 2 unspecified atom stereocenters. The number of imide groups is 1. The summed E-state index contributed by atoms with van der Waals surface area (Å²) in [4.78, 5) is 52.0. The van der Waals surface area contributed by atoms with Gasteiger partial charge >= 0.3 is 11.9 Å². The van der Waals surface area contributed by atoms with Crippen molar-refractivity contribution < 1.29 is 28.8 Å². The quantitative estimate of drug-likeness (QED) is 0.596. The van der Waals surface area contributed by atoms with Gasteiger partial charge in [-0.05, 0) is 18.6 Å². The summed E-state index contributed by atoms with van der Waals surface area (Å²) >= 11 is 0. The minimum atomic E-state index is -0.778. The van der Waals surface area contributed by atoms with E-state index in [4.69, 9.17) is 4.84 Å². The van der Waals surface area contributed by atoms with Crippen LogP contribution in [-0.2, 0) is 19.2 Å². The van der Waals surface area contributed by atoms with E-state index < -0.39 is 35.6 Å². The molecule has 1 aliphatic carbocycles. The van der Waals surface area contributed by atoms with E-state index in [9.17, 15) is 19.2 Å². The summed E-state index contributed by atoms with van der Waals surface area (Å²) in [5.74, 6) is -3.86. The van der Waals surface area contributed by atoms with Crippen molar-refractivity contribution in [3.05, 3.63) is 35.4 Å². The number of carbonyl (C=O) groups excluding carboxylic acids is 4. The third-order valence-electron chi connectivity index (χ3n) is 3.54. The van der Waals surface area contributed by atoms with Gasteiger partial charge in [0.25, 0.3) is 11.8 Å². The minimum Gasteiger partial charge on any atom is -0.469 e. The number of hydroxylamine groups is 2. The van der Waals surface area contributed by atoms with Gasteiger partial charge in [-0.25, -0.2) is 4.79 Å². The first kappa shape index (κ1) is 13.3. The molecule has 2 aliphatic rings. The van der Waals surface area contributed by atoms with Gasteiger partial charge in [0.15, 0.2) is 0 Å². The number of nitrogens with zero attached hydrogens (tertiary/aromatic N) is 1. The molecule has 108 valence electrons. The van der Waals surface area contributed by atoms with E-state index in [2.05, 4.69) is 4.74 Å². The lowest BCUT2D eigenvalue weighted by molar-refractivity contribution is -0.171. The molecule has 7 nitrogen and oxygen atoms in total. The Hall–Kier alpha value is -2.70. The van der Waals surface area contributed by atoms with Gasteiger partial charge in [-0.15, -0.1) is 0 Å². The van der Waals surface area contributed by atoms with Gasteiger partial charge in [-0.1, -0.05) is 17.2 Å². The lowest BCUT2D eigenvalue weighted by atomic mass is 10.1. The number of benzene rings is 1. The third-order valence-corrected chi connectivity index (χ3v) is 3.54. The number of amides is 2. The SMILES string of the molecule is COC(=O)C1CC1C(=O)ON1C(=O)c2ccccc2C1=O. The molecule has 2 atom stereocenters. The molecule has 0 N–H and O–H groups in total. The van der Waals surface area contributed by atoms with E-state index in [1.54, 1.807) is 12.1 Å². The molecule has 0 bridgehead atoms. The number of hydrogen-bond donors (Lipinski definition) is 0. The number of carbonyl (C=O) groups is 4. The Morgan fingerprint density at radius 3 is 2.10 bits per heavy atom. The van der Waals surface area contributed by atoms with Crippen LogP contribution in [0.3, 0.4) is 0 Å². The Bertz CT molecular complexity index is 632. The van der Waals surface area contributed by atoms with E-state index in [1.165, 1.54) is 19.2 Å². The van der Waals surface area contributed by atoms with Gasteiger partial charge in [0, 0.05) is 0 Å². The summed E-state index contributed by atoms with van der Waals surface area (Å²) in [6.45, 7) is 0. The number of fused-ring (bicyclic) bond motifs is 1. The predicted molar refractivity (Wildman–Crippen MR) is 66.6 cm³/mol. The van der Waals surface area contributed by atoms with Crippen LogP contribution in [0.15, 0.2) is 24.3 Å². The molecule has 1 heterocycles. The first-order chi connectivity index (χ1) is 10.0. The largest absolute Gasteiger partial charge is 0.469 e. The lowest BCUT2D eigenvalue weighted by Crippen LogP contribution is -2.33. The highest BCUT2D eigenvalue weighted by molar-refractivity contribution is 6.20. The van der Waals surface area contributed by atoms with Crippen molar-refractivity contribution in [3.8, 4) is 0 Å². The maximum Gasteiger partial charge on any atom is 0.337 e. The van der Waals surface area contributed by atoms with Crippen molar-refractivity contribution >= 4 is 23.8 Å². The van der Waals surface area contributed by atoms with Gasteiger partial charge in [0.1, 0.15) is 0 Å². The van der Waals surface area contributed by atoms with E-state index in [0.29, 0.717) is 11.5 Å². The zero-order valence-electron chi connectivity index (χ0n) is 11.1. The normalized spacial score (nSPS) is 22.8. The minimum absolute atomic E-state index is 0.190. The van der Waals surface area contributed by atoms with Crippen LogP contribution in [0.4, 0.5) is 0 Å². The standard InChI is InChI=1S/C14H11NO6/c1-20-13(18)9-6-10(9)14(19)21-15-11(16)7-4-2-3-5-8(7)12(15)17/h2-5,9-10H,6H2,1H3. The maximum absolute atomic E-state index is 12.0. The summed E-state index contributed by atoms with van der Waals surface area (Å²) < 4.78 is 4.52. The highest BCUT2D eigenvalue weighted by Gasteiger charge is 2.52. The molecule has 1 aromatic carbocycles. The van der Waals surface area contributed by atoms with Crippen molar-refractivity contribution in [2.75, 3.05) is 7.11 Å². The van der Waals surface area contributed by atoms with Gasteiger partial charge in [0.2, 0.25) is 0 Å². The van der Waals surface area contributed by atoms with E-state index >= 15 is 0 Å². The molecule has 0 radical (unpaired) electrons. The zero-order chi connectivity index (χ0) is 15.1. The van der Waals surface area contributed by atoms with Crippen LogP contribution < -0.4 is 0 Å². The number of esters is 1. The molecule has 21 heavy (non-hydrogen) atoms. The fourth-order valence-electron chi connectivity index (χ4n) is 2.28. The molecule has 1 aliphatic heterocycles. The summed E-state index contributed by atoms with van der Waals surface area (Å²) in [6.07, 6.45) is 0.300. The number of hydrogen-bond acceptors (Lipinski definition) is 6. The molecular formula is C14H11NO6. The van der Waals surface area contributed by atoms with Crippen LogP contribution in [0.2, 0.25) is 0 Å². The number of methoxy groups -OCH3 is 1. The molecule has 2 amide bonds. The van der Waals surface area contributed by atoms with Crippen LogP contribution in [0.25, 0.3) is 0 Å². The molecular weight excluding hydrogens is 278 g/mol.